The van der Waals surface area contributed by atoms with Crippen molar-refractivity contribution in [3.8, 4) is 5.75 Å². The molecule has 0 aliphatic heterocycles. The number of nitrogen functional groups attached to an aromatic ring is 1. The number of Topliss-reactive ketones (excluding diaryl/α,β-unsaturated/α-hetero) is 1. The lowest BCUT2D eigenvalue weighted by molar-refractivity contribution is 0.0990. The molecule has 0 amide bonds. The highest BCUT2D eigenvalue weighted by Gasteiger charge is 2.15. The molecule has 0 fully saturated rings. The summed E-state index contributed by atoms with van der Waals surface area (Å²) in [6.07, 6.45) is 1.62. The molecular formula is C13H16N4O2. The van der Waals surface area contributed by atoms with Crippen molar-refractivity contribution in [2.24, 2.45) is 0 Å². The van der Waals surface area contributed by atoms with Gasteiger partial charge in [-0.15, -0.1) is 0 Å². The van der Waals surface area contributed by atoms with Crippen molar-refractivity contribution in [2.45, 2.75) is 19.9 Å². The number of hydrogen-bond donors (Lipinski definition) is 1. The van der Waals surface area contributed by atoms with Gasteiger partial charge in [0.1, 0.15) is 17.9 Å². The van der Waals surface area contributed by atoms with Crippen LogP contribution in [0.15, 0.2) is 24.5 Å². The van der Waals surface area contributed by atoms with Crippen molar-refractivity contribution < 1.29 is 9.53 Å². The molecule has 19 heavy (non-hydrogen) atoms. The summed E-state index contributed by atoms with van der Waals surface area (Å²) in [5.41, 5.74) is 6.71. The van der Waals surface area contributed by atoms with Crippen LogP contribution in [0, 0.1) is 0 Å². The molecule has 0 aliphatic rings. The molecule has 2 rings (SSSR count). The monoisotopic (exact) mass is 260 g/mol. The minimum absolute atomic E-state index is 0.0981. The Morgan fingerprint density at radius 1 is 1.47 bits per heavy atom. The number of ketones is 1. The molecule has 1 aromatic heterocycles. The fraction of sp³-hybridized carbons (Fsp3) is 0.308. The molecule has 2 aromatic rings. The quantitative estimate of drug-likeness (QED) is 0.647. The van der Waals surface area contributed by atoms with E-state index in [-0.39, 0.29) is 12.2 Å². The Hall–Kier alpha value is -2.37. The molecule has 0 unspecified atom stereocenters. The maximum absolute atomic E-state index is 12.3. The third-order valence-corrected chi connectivity index (χ3v) is 2.87. The topological polar surface area (TPSA) is 83.0 Å². The number of carbonyl (C=O) groups excluding carboxylic acids is 1. The van der Waals surface area contributed by atoms with Crippen molar-refractivity contribution in [2.75, 3.05) is 12.8 Å². The van der Waals surface area contributed by atoms with Gasteiger partial charge in [0.25, 0.3) is 0 Å². The Kier molecular flexibility index (Phi) is 3.79. The van der Waals surface area contributed by atoms with Crippen LogP contribution >= 0.6 is 0 Å². The zero-order valence-electron chi connectivity index (χ0n) is 11.0. The highest BCUT2D eigenvalue weighted by Crippen LogP contribution is 2.20. The van der Waals surface area contributed by atoms with Crippen molar-refractivity contribution in [3.05, 3.63) is 35.9 Å². The van der Waals surface area contributed by atoms with Gasteiger partial charge in [-0.2, -0.15) is 5.10 Å². The van der Waals surface area contributed by atoms with Gasteiger partial charge in [-0.3, -0.25) is 4.79 Å². The van der Waals surface area contributed by atoms with Gasteiger partial charge in [-0.05, 0) is 25.1 Å². The summed E-state index contributed by atoms with van der Waals surface area (Å²) in [7, 11) is 1.55. The molecular weight excluding hydrogens is 244 g/mol. The van der Waals surface area contributed by atoms with E-state index in [1.54, 1.807) is 30.0 Å². The SMILES string of the molecule is CCn1ncnc1CC(=O)c1cc(OC)ccc1N. The van der Waals surface area contributed by atoms with E-state index in [0.717, 1.165) is 0 Å². The minimum atomic E-state index is -0.0981. The number of hydrogen-bond acceptors (Lipinski definition) is 5. The normalized spacial score (nSPS) is 10.4. The standard InChI is InChI=1S/C13H16N4O2/c1-3-17-13(15-8-16-17)7-12(18)10-6-9(19-2)4-5-11(10)14/h4-6,8H,3,7,14H2,1-2H3. The van der Waals surface area contributed by atoms with Crippen LogP contribution in [0.4, 0.5) is 5.69 Å². The van der Waals surface area contributed by atoms with E-state index in [9.17, 15) is 4.79 Å². The third-order valence-electron chi connectivity index (χ3n) is 2.87. The second kappa shape index (κ2) is 5.51. The molecule has 100 valence electrons. The van der Waals surface area contributed by atoms with Gasteiger partial charge in [-0.25, -0.2) is 9.67 Å². The number of ether oxygens (including phenoxy) is 1. The Morgan fingerprint density at radius 2 is 2.26 bits per heavy atom. The van der Waals surface area contributed by atoms with Crippen molar-refractivity contribution in [1.82, 2.24) is 14.8 Å². The molecule has 0 atom stereocenters. The Labute approximate surface area is 111 Å². The van der Waals surface area contributed by atoms with E-state index < -0.39 is 0 Å². The molecule has 6 heteroatoms. The molecule has 0 bridgehead atoms. The van der Waals surface area contributed by atoms with E-state index in [1.807, 2.05) is 6.92 Å². The summed E-state index contributed by atoms with van der Waals surface area (Å²) >= 11 is 0. The summed E-state index contributed by atoms with van der Waals surface area (Å²) in [4.78, 5) is 16.3. The largest absolute Gasteiger partial charge is 0.497 e. The number of anilines is 1. The average molecular weight is 260 g/mol. The summed E-state index contributed by atoms with van der Waals surface area (Å²) in [5, 5.41) is 4.03. The number of carbonyl (C=O) groups is 1. The second-order valence-electron chi connectivity index (χ2n) is 4.05. The van der Waals surface area contributed by atoms with Gasteiger partial charge >= 0.3 is 0 Å². The predicted octanol–water partition coefficient (Wildman–Crippen LogP) is 1.31. The fourth-order valence-corrected chi connectivity index (χ4v) is 1.83. The molecule has 0 spiro atoms. The summed E-state index contributed by atoms with van der Waals surface area (Å²) in [6, 6.07) is 5.03. The first-order valence-corrected chi connectivity index (χ1v) is 5.99. The van der Waals surface area contributed by atoms with Crippen LogP contribution in [-0.4, -0.2) is 27.7 Å². The summed E-state index contributed by atoms with van der Waals surface area (Å²) in [6.45, 7) is 2.62. The number of rotatable bonds is 5. The molecule has 2 N–H and O–H groups in total. The first-order valence-electron chi connectivity index (χ1n) is 5.99. The van der Waals surface area contributed by atoms with E-state index in [0.29, 0.717) is 29.4 Å². The maximum atomic E-state index is 12.3. The summed E-state index contributed by atoms with van der Waals surface area (Å²) < 4.78 is 6.79. The average Bonchev–Trinajstić information content (AvgIpc) is 2.86. The molecule has 0 saturated carbocycles. The van der Waals surface area contributed by atoms with Crippen molar-refractivity contribution in [3.63, 3.8) is 0 Å². The van der Waals surface area contributed by atoms with Gasteiger partial charge in [0.05, 0.1) is 13.5 Å². The van der Waals surface area contributed by atoms with E-state index in [1.165, 1.54) is 6.33 Å². The van der Waals surface area contributed by atoms with E-state index >= 15 is 0 Å². The number of benzene rings is 1. The fourth-order valence-electron chi connectivity index (χ4n) is 1.83. The molecule has 6 nitrogen and oxygen atoms in total. The minimum Gasteiger partial charge on any atom is -0.497 e. The molecule has 0 radical (unpaired) electrons. The third kappa shape index (κ3) is 2.73. The van der Waals surface area contributed by atoms with Crippen LogP contribution in [-0.2, 0) is 13.0 Å². The van der Waals surface area contributed by atoms with Crippen molar-refractivity contribution >= 4 is 11.5 Å². The summed E-state index contributed by atoms with van der Waals surface area (Å²) in [5.74, 6) is 1.14. The zero-order valence-corrected chi connectivity index (χ0v) is 11.0. The van der Waals surface area contributed by atoms with Gasteiger partial charge in [0.2, 0.25) is 0 Å². The number of nitrogens with two attached hydrogens (primary N) is 1. The van der Waals surface area contributed by atoms with Crippen molar-refractivity contribution in [1.29, 1.82) is 0 Å². The van der Waals surface area contributed by atoms with Crippen LogP contribution in [0.5, 0.6) is 5.75 Å². The van der Waals surface area contributed by atoms with Gasteiger partial charge in [0.15, 0.2) is 5.78 Å². The van der Waals surface area contributed by atoms with Gasteiger partial charge in [0, 0.05) is 17.8 Å². The van der Waals surface area contributed by atoms with Crippen LogP contribution in [0.25, 0.3) is 0 Å². The molecule has 0 saturated heterocycles. The van der Waals surface area contributed by atoms with Crippen LogP contribution in [0.2, 0.25) is 0 Å². The number of aryl methyl sites for hydroxylation is 1. The van der Waals surface area contributed by atoms with Crippen LogP contribution < -0.4 is 10.5 Å². The van der Waals surface area contributed by atoms with E-state index in [2.05, 4.69) is 10.1 Å². The van der Waals surface area contributed by atoms with Gasteiger partial charge in [-0.1, -0.05) is 0 Å². The predicted molar refractivity (Wildman–Crippen MR) is 71.1 cm³/mol. The first kappa shape index (κ1) is 13.1. The number of methoxy groups -OCH3 is 1. The second-order valence-corrected chi connectivity index (χ2v) is 4.05. The van der Waals surface area contributed by atoms with Crippen LogP contribution in [0.3, 0.4) is 0 Å². The number of aromatic nitrogens is 3. The molecule has 1 aromatic carbocycles. The Bertz CT molecular complexity index is 592. The first-order chi connectivity index (χ1) is 9.15. The van der Waals surface area contributed by atoms with Gasteiger partial charge < -0.3 is 10.5 Å². The van der Waals surface area contributed by atoms with E-state index in [4.69, 9.17) is 10.5 Å². The lowest BCUT2D eigenvalue weighted by atomic mass is 10.1. The number of nitrogens with zero attached hydrogens (tertiary/aromatic N) is 3. The lowest BCUT2D eigenvalue weighted by Crippen LogP contribution is -2.12. The zero-order chi connectivity index (χ0) is 13.8. The molecule has 0 aliphatic carbocycles. The molecule has 1 heterocycles. The Morgan fingerprint density at radius 3 is 2.95 bits per heavy atom. The smallest absolute Gasteiger partial charge is 0.172 e. The lowest BCUT2D eigenvalue weighted by Gasteiger charge is -2.07. The van der Waals surface area contributed by atoms with Crippen LogP contribution in [0.1, 0.15) is 23.1 Å². The highest BCUT2D eigenvalue weighted by atomic mass is 16.5. The Balaban J connectivity index is 2.25. The maximum Gasteiger partial charge on any atom is 0.172 e. The highest BCUT2D eigenvalue weighted by molar-refractivity contribution is 6.02.